The van der Waals surface area contributed by atoms with Crippen LogP contribution in [0.4, 0.5) is 34.1 Å². The van der Waals surface area contributed by atoms with E-state index in [0.717, 1.165) is 11.4 Å². The number of anilines is 6. The summed E-state index contributed by atoms with van der Waals surface area (Å²) in [4.78, 5) is 5.07. The first-order chi connectivity index (χ1) is 30.2. The molecule has 13 rings (SSSR count). The SMILES string of the molecule is c1ccc(-c2ccc(-c3cc4c5c(c3)N(c3ccccc3)c3cc6ccc7ccccc7c6cc3B5c3cc5c(ccc6ccccc65)cc3N4c3ccccc3)cc2)cc1. The van der Waals surface area contributed by atoms with Gasteiger partial charge in [0.2, 0.25) is 0 Å². The molecule has 2 heterocycles. The maximum absolute atomic E-state index is 2.53. The Labute approximate surface area is 355 Å². The van der Waals surface area contributed by atoms with Crippen molar-refractivity contribution in [3.05, 3.63) is 224 Å². The van der Waals surface area contributed by atoms with Gasteiger partial charge >= 0.3 is 0 Å². The van der Waals surface area contributed by atoms with Crippen molar-refractivity contribution in [2.75, 3.05) is 9.80 Å². The Kier molecular flexibility index (Phi) is 7.43. The van der Waals surface area contributed by atoms with Crippen molar-refractivity contribution in [2.45, 2.75) is 0 Å². The number of benzene rings is 11. The third-order valence-electron chi connectivity index (χ3n) is 13.1. The average Bonchev–Trinajstić information content (AvgIpc) is 3.33. The van der Waals surface area contributed by atoms with E-state index in [1.807, 2.05) is 0 Å². The molecule has 0 aromatic heterocycles. The summed E-state index contributed by atoms with van der Waals surface area (Å²) in [5, 5.41) is 10.1. The lowest BCUT2D eigenvalue weighted by molar-refractivity contribution is 1.26. The number of nitrogens with zero attached hydrogens (tertiary/aromatic N) is 2. The van der Waals surface area contributed by atoms with E-state index < -0.39 is 0 Å². The van der Waals surface area contributed by atoms with Gasteiger partial charge in [0, 0.05) is 34.1 Å². The zero-order valence-corrected chi connectivity index (χ0v) is 33.3. The third-order valence-corrected chi connectivity index (χ3v) is 13.1. The highest BCUT2D eigenvalue weighted by molar-refractivity contribution is 7.00. The van der Waals surface area contributed by atoms with E-state index in [2.05, 4.69) is 234 Å². The number of rotatable bonds is 4. The smallest absolute Gasteiger partial charge is 0.252 e. The number of para-hydroxylation sites is 2. The highest BCUT2D eigenvalue weighted by Gasteiger charge is 2.44. The second-order valence-electron chi connectivity index (χ2n) is 16.5. The van der Waals surface area contributed by atoms with Crippen molar-refractivity contribution in [2.24, 2.45) is 0 Å². The van der Waals surface area contributed by atoms with Crippen LogP contribution >= 0.6 is 0 Å². The Hall–Kier alpha value is -7.88. The lowest BCUT2D eigenvalue weighted by Crippen LogP contribution is -2.61. The van der Waals surface area contributed by atoms with E-state index in [4.69, 9.17) is 0 Å². The number of fused-ring (bicyclic) bond motifs is 10. The molecule has 61 heavy (non-hydrogen) atoms. The monoisotopic (exact) mass is 772 g/mol. The summed E-state index contributed by atoms with van der Waals surface area (Å²) in [5.74, 6) is 0. The molecule has 0 unspecified atom stereocenters. The first kappa shape index (κ1) is 34.0. The average molecular weight is 773 g/mol. The largest absolute Gasteiger partial charge is 0.311 e. The van der Waals surface area contributed by atoms with Gasteiger partial charge in [-0.1, -0.05) is 176 Å². The summed E-state index contributed by atoms with van der Waals surface area (Å²) < 4.78 is 0. The molecule has 3 heteroatoms. The van der Waals surface area contributed by atoms with E-state index in [9.17, 15) is 0 Å². The van der Waals surface area contributed by atoms with Crippen LogP contribution in [0.3, 0.4) is 0 Å². The fourth-order valence-electron chi connectivity index (χ4n) is 10.4. The van der Waals surface area contributed by atoms with E-state index >= 15 is 0 Å². The van der Waals surface area contributed by atoms with Crippen LogP contribution in [-0.2, 0) is 0 Å². The molecule has 0 fully saturated rings. The van der Waals surface area contributed by atoms with Crippen LogP contribution in [0.15, 0.2) is 224 Å². The van der Waals surface area contributed by atoms with E-state index in [1.165, 1.54) is 104 Å². The van der Waals surface area contributed by atoms with Crippen LogP contribution in [-0.4, -0.2) is 6.71 Å². The van der Waals surface area contributed by atoms with Gasteiger partial charge in [-0.15, -0.1) is 0 Å². The van der Waals surface area contributed by atoms with E-state index in [1.54, 1.807) is 0 Å². The number of hydrogen-bond donors (Lipinski definition) is 0. The fraction of sp³-hybridized carbons (Fsp3) is 0. The van der Waals surface area contributed by atoms with Gasteiger partial charge in [0.1, 0.15) is 0 Å². The minimum absolute atomic E-state index is 0.0313. The molecule has 11 aromatic carbocycles. The lowest BCUT2D eigenvalue weighted by atomic mass is 9.33. The zero-order chi connectivity index (χ0) is 40.0. The summed E-state index contributed by atoms with van der Waals surface area (Å²) >= 11 is 0. The zero-order valence-electron chi connectivity index (χ0n) is 33.3. The molecular formula is C58H37BN2. The predicted molar refractivity (Wildman–Crippen MR) is 261 cm³/mol. The van der Waals surface area contributed by atoms with Crippen LogP contribution in [0.2, 0.25) is 0 Å². The van der Waals surface area contributed by atoms with Gasteiger partial charge < -0.3 is 9.80 Å². The van der Waals surface area contributed by atoms with Gasteiger partial charge in [0.05, 0.1) is 0 Å². The third kappa shape index (κ3) is 5.24. The van der Waals surface area contributed by atoms with Crippen molar-refractivity contribution in [1.82, 2.24) is 0 Å². The van der Waals surface area contributed by atoms with Crippen molar-refractivity contribution >= 4 is 100 Å². The van der Waals surface area contributed by atoms with Crippen molar-refractivity contribution in [1.29, 1.82) is 0 Å². The lowest BCUT2D eigenvalue weighted by Gasteiger charge is -2.44. The Balaban J connectivity index is 1.16. The summed E-state index contributed by atoms with van der Waals surface area (Å²) in [6.07, 6.45) is 0. The molecule has 2 aliphatic rings. The molecule has 0 radical (unpaired) electrons. The first-order valence-corrected chi connectivity index (χ1v) is 21.2. The minimum atomic E-state index is -0.0313. The normalized spacial score (nSPS) is 12.8. The fourth-order valence-corrected chi connectivity index (χ4v) is 10.4. The number of hydrogen-bond acceptors (Lipinski definition) is 2. The Morgan fingerprint density at radius 2 is 0.656 bits per heavy atom. The van der Waals surface area contributed by atoms with Crippen LogP contribution in [0, 0.1) is 0 Å². The summed E-state index contributed by atoms with van der Waals surface area (Å²) in [6.45, 7) is -0.0313. The quantitative estimate of drug-likeness (QED) is 0.130. The second-order valence-corrected chi connectivity index (χ2v) is 16.5. The van der Waals surface area contributed by atoms with Crippen molar-refractivity contribution in [3.8, 4) is 22.3 Å². The minimum Gasteiger partial charge on any atom is -0.311 e. The molecule has 0 aliphatic carbocycles. The first-order valence-electron chi connectivity index (χ1n) is 21.2. The van der Waals surface area contributed by atoms with Crippen LogP contribution in [0.5, 0.6) is 0 Å². The maximum Gasteiger partial charge on any atom is 0.252 e. The molecule has 11 aromatic rings. The Morgan fingerprint density at radius 3 is 1.15 bits per heavy atom. The van der Waals surface area contributed by atoms with Gasteiger partial charge in [0.25, 0.3) is 6.71 Å². The maximum atomic E-state index is 2.53. The van der Waals surface area contributed by atoms with Crippen molar-refractivity contribution < 1.29 is 0 Å². The molecule has 0 N–H and O–H groups in total. The Bertz CT molecular complexity index is 3340. The molecule has 0 bridgehead atoms. The molecule has 282 valence electrons. The highest BCUT2D eigenvalue weighted by atomic mass is 15.2. The Morgan fingerprint density at radius 1 is 0.262 bits per heavy atom. The van der Waals surface area contributed by atoms with Gasteiger partial charge in [-0.05, 0) is 130 Å². The highest BCUT2D eigenvalue weighted by Crippen LogP contribution is 2.48. The topological polar surface area (TPSA) is 6.48 Å². The molecule has 0 saturated carbocycles. The summed E-state index contributed by atoms with van der Waals surface area (Å²) in [6, 6.07) is 83.3. The summed E-state index contributed by atoms with van der Waals surface area (Å²) in [7, 11) is 0. The van der Waals surface area contributed by atoms with Gasteiger partial charge in [-0.3, -0.25) is 0 Å². The molecule has 2 aliphatic heterocycles. The molecule has 0 spiro atoms. The van der Waals surface area contributed by atoms with Gasteiger partial charge in [0.15, 0.2) is 0 Å². The molecule has 2 nitrogen and oxygen atoms in total. The molecule has 0 amide bonds. The van der Waals surface area contributed by atoms with Crippen LogP contribution in [0.1, 0.15) is 0 Å². The van der Waals surface area contributed by atoms with Crippen LogP contribution < -0.4 is 26.2 Å². The molecular weight excluding hydrogens is 735 g/mol. The second kappa shape index (κ2) is 13.3. The van der Waals surface area contributed by atoms with E-state index in [-0.39, 0.29) is 6.71 Å². The molecule has 0 saturated heterocycles. The van der Waals surface area contributed by atoms with E-state index in [0.29, 0.717) is 0 Å². The standard InChI is InChI=1S/C58H37BN2/c1-4-14-38(15-5-1)39-24-26-40(27-25-39)45-34-56-58-57(35-45)61(47-20-8-3-9-21-47)55-33-44-31-29-42-17-11-13-23-49(42)51(44)37-53(55)59(58)52-36-50-43(30-28-41-16-10-12-22-48(41)50)32-54(52)60(56)46-18-6-2-7-19-46/h1-37H. The molecule has 0 atom stereocenters. The predicted octanol–water partition coefficient (Wildman–Crippen LogP) is 13.7. The van der Waals surface area contributed by atoms with Gasteiger partial charge in [-0.25, -0.2) is 0 Å². The van der Waals surface area contributed by atoms with Gasteiger partial charge in [-0.2, -0.15) is 0 Å². The van der Waals surface area contributed by atoms with Crippen LogP contribution in [0.25, 0.3) is 65.3 Å². The van der Waals surface area contributed by atoms with Crippen molar-refractivity contribution in [3.63, 3.8) is 0 Å². The summed E-state index contributed by atoms with van der Waals surface area (Å²) in [5.41, 5.74) is 15.9.